The maximum Gasteiger partial charge on any atom is 0.0579 e. The lowest BCUT2D eigenvalue weighted by Crippen LogP contribution is -1.57. The van der Waals surface area contributed by atoms with E-state index in [9.17, 15) is 0 Å². The molecule has 0 aromatic rings. The number of aliphatic hydroxyl groups excluding tert-OH is 1. The van der Waals surface area contributed by atoms with E-state index in [2.05, 4.69) is 11.9 Å². The topological polar surface area (TPSA) is 40.5 Å². The van der Waals surface area contributed by atoms with E-state index in [-0.39, 0.29) is 6.61 Å². The van der Waals surface area contributed by atoms with Crippen LogP contribution in [-0.4, -0.2) is 16.4 Å². The normalized spacial score (nSPS) is 4.80. The minimum atomic E-state index is 0.250. The summed E-state index contributed by atoms with van der Waals surface area (Å²) >= 11 is 3.64. The molecule has 0 aromatic carbocycles. The average Bonchev–Trinajstić information content (AvgIpc) is 1.46. The van der Waals surface area contributed by atoms with Gasteiger partial charge in [0.1, 0.15) is 0 Å². The van der Waals surface area contributed by atoms with Crippen LogP contribution in [0.1, 0.15) is 6.92 Å². The molecule has 0 bridgehead atoms. The summed E-state index contributed by atoms with van der Waals surface area (Å²) < 4.78 is 6.47. The molecule has 0 aliphatic rings. The number of hydrogen-bond acceptors (Lipinski definition) is 2. The van der Waals surface area contributed by atoms with E-state index in [0.717, 1.165) is 0 Å². The van der Waals surface area contributed by atoms with Crippen molar-refractivity contribution in [2.24, 2.45) is 0 Å². The van der Waals surface area contributed by atoms with Crippen molar-refractivity contribution in [1.82, 2.24) is 0 Å². The Morgan fingerprint density at radius 1 is 1.60 bits per heavy atom. The van der Waals surface area contributed by atoms with E-state index in [1.807, 2.05) is 0 Å². The fourth-order valence-electron chi connectivity index (χ4n) is 0. The maximum atomic E-state index is 7.57. The number of rotatable bonds is 0. The molecule has 2 nitrogen and oxygen atoms in total. The van der Waals surface area contributed by atoms with E-state index in [1.165, 1.54) is 0 Å². The Labute approximate surface area is 36.2 Å². The minimum Gasteiger partial charge on any atom is -0.397 e. The van der Waals surface area contributed by atoms with Crippen molar-refractivity contribution in [3.05, 3.63) is 0 Å². The molecule has 5 heavy (non-hydrogen) atoms. The smallest absolute Gasteiger partial charge is 0.0579 e. The fourth-order valence-corrected chi connectivity index (χ4v) is 0. The van der Waals surface area contributed by atoms with Gasteiger partial charge in [-0.05, 0) is 6.92 Å². The van der Waals surface area contributed by atoms with Gasteiger partial charge in [0.05, 0.1) is 11.9 Å². The highest BCUT2D eigenvalue weighted by atomic mass is 35.5. The van der Waals surface area contributed by atoms with Crippen LogP contribution in [0, 0.1) is 0 Å². The van der Waals surface area contributed by atoms with Gasteiger partial charge in [-0.1, -0.05) is 0 Å². The van der Waals surface area contributed by atoms with Crippen LogP contribution in [-0.2, 0) is 0 Å². The largest absolute Gasteiger partial charge is 0.397 e. The second kappa shape index (κ2) is 29.6. The van der Waals surface area contributed by atoms with Crippen molar-refractivity contribution in [1.29, 1.82) is 0 Å². The molecule has 0 unspecified atom stereocenters. The van der Waals surface area contributed by atoms with Gasteiger partial charge in [-0.25, -0.2) is 0 Å². The zero-order valence-electron chi connectivity index (χ0n) is 2.98. The first-order valence-electron chi connectivity index (χ1n) is 1.19. The summed E-state index contributed by atoms with van der Waals surface area (Å²) in [7, 11) is 0. The molecule has 3 heteroatoms. The summed E-state index contributed by atoms with van der Waals surface area (Å²) in [4.78, 5) is 0. The van der Waals surface area contributed by atoms with Gasteiger partial charge in [0.25, 0.3) is 0 Å². The predicted octanol–water partition coefficient (Wildman–Crippen LogP) is 0.131. The summed E-state index contributed by atoms with van der Waals surface area (Å²) in [5, 5.41) is 7.57. The van der Waals surface area contributed by atoms with Crippen molar-refractivity contribution in [2.75, 3.05) is 6.61 Å². The Hall–Kier alpha value is 0.210. The van der Waals surface area contributed by atoms with Crippen molar-refractivity contribution in [3.8, 4) is 0 Å². The molecule has 0 saturated heterocycles. The van der Waals surface area contributed by atoms with Crippen molar-refractivity contribution in [2.45, 2.75) is 6.92 Å². The summed E-state index contributed by atoms with van der Waals surface area (Å²) in [5.74, 6) is 0. The number of aliphatic hydroxyl groups is 1. The molecule has 0 radical (unpaired) electrons. The van der Waals surface area contributed by atoms with Crippen LogP contribution in [0.4, 0.5) is 0 Å². The van der Waals surface area contributed by atoms with Crippen LogP contribution in [0.15, 0.2) is 0 Å². The summed E-state index contributed by atoms with van der Waals surface area (Å²) in [6.07, 6.45) is 0. The van der Waals surface area contributed by atoms with Gasteiger partial charge in [0.15, 0.2) is 0 Å². The van der Waals surface area contributed by atoms with Crippen molar-refractivity contribution >= 4 is 11.9 Å². The summed E-state index contributed by atoms with van der Waals surface area (Å²) in [6, 6.07) is 0. The molecule has 0 aliphatic heterocycles. The molecule has 34 valence electrons. The van der Waals surface area contributed by atoms with Gasteiger partial charge in [-0.2, -0.15) is 0 Å². The first kappa shape index (κ1) is 8.96. The van der Waals surface area contributed by atoms with Gasteiger partial charge in [-0.15, -0.1) is 0 Å². The van der Waals surface area contributed by atoms with Crippen LogP contribution in [0.3, 0.4) is 0 Å². The highest BCUT2D eigenvalue weighted by molar-refractivity contribution is 6.04. The molecule has 2 N–H and O–H groups in total. The first-order valence-corrected chi connectivity index (χ1v) is 1.53. The average molecular weight is 98.5 g/mol. The van der Waals surface area contributed by atoms with Gasteiger partial charge in [0, 0.05) is 6.61 Å². The molecule has 0 amide bonds. The lowest BCUT2D eigenvalue weighted by molar-refractivity contribution is 0.318. The van der Waals surface area contributed by atoms with E-state index < -0.39 is 0 Å². The molecule has 0 heterocycles. The monoisotopic (exact) mass is 98.0 g/mol. The molecule has 0 atom stereocenters. The van der Waals surface area contributed by atoms with Crippen LogP contribution in [0.5, 0.6) is 0 Å². The summed E-state index contributed by atoms with van der Waals surface area (Å²) in [6.45, 7) is 1.93. The Kier molecular flexibility index (Phi) is 53.1. The standard InChI is InChI=1S/C2H6O.ClHO/c1-2-3;1-2/h3H,2H2,1H3;2H. The number of halogens is 1. The Balaban J connectivity index is 0. The fraction of sp³-hybridized carbons (Fsp3) is 1.00. The third-order valence-electron chi connectivity index (χ3n) is 0. The van der Waals surface area contributed by atoms with Gasteiger partial charge in [-0.3, -0.25) is 4.66 Å². The van der Waals surface area contributed by atoms with E-state index in [1.54, 1.807) is 6.92 Å². The van der Waals surface area contributed by atoms with Gasteiger partial charge in [0.2, 0.25) is 0 Å². The van der Waals surface area contributed by atoms with Crippen LogP contribution < -0.4 is 0 Å². The van der Waals surface area contributed by atoms with E-state index in [4.69, 9.17) is 9.77 Å². The molecular weight excluding hydrogens is 91.5 g/mol. The summed E-state index contributed by atoms with van der Waals surface area (Å²) in [5.41, 5.74) is 0. The Bertz CT molecular complexity index is 7.61. The lowest BCUT2D eigenvalue weighted by Gasteiger charge is -1.52. The highest BCUT2D eigenvalue weighted by Crippen LogP contribution is 1.31. The Morgan fingerprint density at radius 2 is 1.60 bits per heavy atom. The van der Waals surface area contributed by atoms with E-state index in [0.29, 0.717) is 0 Å². The predicted molar refractivity (Wildman–Crippen MR) is 20.8 cm³/mol. The second-order valence-electron chi connectivity index (χ2n) is 0.316. The molecule has 0 spiro atoms. The maximum absolute atomic E-state index is 7.57. The quantitative estimate of drug-likeness (QED) is 0.452. The SMILES string of the molecule is CCO.OCl. The van der Waals surface area contributed by atoms with Gasteiger partial charge >= 0.3 is 0 Å². The van der Waals surface area contributed by atoms with Crippen LogP contribution >= 0.6 is 11.9 Å². The molecular formula is C2H7ClO2. The van der Waals surface area contributed by atoms with E-state index >= 15 is 0 Å². The van der Waals surface area contributed by atoms with Crippen LogP contribution in [0.25, 0.3) is 0 Å². The third kappa shape index (κ3) is 466. The zero-order chi connectivity index (χ0) is 4.71. The second-order valence-corrected chi connectivity index (χ2v) is 0.316. The molecule has 0 aromatic heterocycles. The van der Waals surface area contributed by atoms with Gasteiger partial charge < -0.3 is 5.11 Å². The van der Waals surface area contributed by atoms with Crippen LogP contribution in [0.2, 0.25) is 0 Å². The molecule has 0 rings (SSSR count). The molecule has 0 fully saturated rings. The third-order valence-corrected chi connectivity index (χ3v) is 0. The van der Waals surface area contributed by atoms with Crippen molar-refractivity contribution in [3.63, 3.8) is 0 Å². The minimum absolute atomic E-state index is 0.250. The number of hydrogen-bond donors (Lipinski definition) is 2. The first-order chi connectivity index (χ1) is 2.41. The Morgan fingerprint density at radius 3 is 1.60 bits per heavy atom. The highest BCUT2D eigenvalue weighted by Gasteiger charge is 1.34. The molecule has 0 saturated carbocycles. The molecule has 0 aliphatic carbocycles. The lowest BCUT2D eigenvalue weighted by atomic mass is 10.9. The zero-order valence-corrected chi connectivity index (χ0v) is 3.74. The van der Waals surface area contributed by atoms with Crippen molar-refractivity contribution < 1.29 is 9.77 Å².